The first-order chi connectivity index (χ1) is 10.8. The molecule has 0 heterocycles. The van der Waals surface area contributed by atoms with Crippen LogP contribution in [0.4, 0.5) is 0 Å². The van der Waals surface area contributed by atoms with Gasteiger partial charge in [0.2, 0.25) is 0 Å². The van der Waals surface area contributed by atoms with Gasteiger partial charge in [0.1, 0.15) is 0 Å². The summed E-state index contributed by atoms with van der Waals surface area (Å²) in [5.74, 6) is 0.0377. The van der Waals surface area contributed by atoms with Crippen molar-refractivity contribution in [3.8, 4) is 0 Å². The van der Waals surface area contributed by atoms with Gasteiger partial charge in [-0.15, -0.1) is 0 Å². The normalized spacial score (nSPS) is 11.6. The van der Waals surface area contributed by atoms with Gasteiger partial charge in [0, 0.05) is 11.1 Å². The van der Waals surface area contributed by atoms with E-state index in [0.29, 0.717) is 30.3 Å². The van der Waals surface area contributed by atoms with Crippen LogP contribution in [0.25, 0.3) is 0 Å². The number of hydrogen-bond acceptors (Lipinski definition) is 4. The summed E-state index contributed by atoms with van der Waals surface area (Å²) in [7, 11) is 0. The van der Waals surface area contributed by atoms with Crippen molar-refractivity contribution >= 4 is 11.9 Å². The fourth-order valence-corrected chi connectivity index (χ4v) is 2.10. The van der Waals surface area contributed by atoms with Crippen molar-refractivity contribution in [3.05, 3.63) is 24.3 Å². The zero-order valence-corrected chi connectivity index (χ0v) is 15.0. The summed E-state index contributed by atoms with van der Waals surface area (Å²) in [6.07, 6.45) is 7.47. The maximum atomic E-state index is 11.2. The predicted octanol–water partition coefficient (Wildman–Crippen LogP) is 4.59. The summed E-state index contributed by atoms with van der Waals surface area (Å²) in [5.41, 5.74) is 0.903. The first kappa shape index (κ1) is 21.4. The SMILES string of the molecule is C=C(C)C(=O)OCCCCCCC(C)CCCOC(=O)C(=C)C. The molecule has 0 amide bonds. The molecule has 23 heavy (non-hydrogen) atoms. The van der Waals surface area contributed by atoms with Crippen molar-refractivity contribution in [2.75, 3.05) is 13.2 Å². The molecule has 0 aliphatic heterocycles. The quantitative estimate of drug-likeness (QED) is 0.282. The number of ether oxygens (including phenoxy) is 2. The maximum absolute atomic E-state index is 11.2. The molecule has 0 aromatic carbocycles. The van der Waals surface area contributed by atoms with Gasteiger partial charge in [-0.25, -0.2) is 9.59 Å². The lowest BCUT2D eigenvalue weighted by Crippen LogP contribution is -2.07. The summed E-state index contributed by atoms with van der Waals surface area (Å²) < 4.78 is 10.1. The van der Waals surface area contributed by atoms with E-state index in [1.54, 1.807) is 13.8 Å². The standard InChI is InChI=1S/C19H32O4/c1-15(2)18(20)22-13-9-7-6-8-11-17(5)12-10-14-23-19(21)16(3)4/h17H,1,3,6-14H2,2,4-5H3. The molecule has 0 spiro atoms. The summed E-state index contributed by atoms with van der Waals surface area (Å²) in [6.45, 7) is 13.6. The Morgan fingerprint density at radius 1 is 0.783 bits per heavy atom. The van der Waals surface area contributed by atoms with Crippen LogP contribution in [0.3, 0.4) is 0 Å². The molecule has 0 bridgehead atoms. The Balaban J connectivity index is 3.41. The predicted molar refractivity (Wildman–Crippen MR) is 93.0 cm³/mol. The molecule has 0 N–H and O–H groups in total. The second-order valence-electron chi connectivity index (χ2n) is 6.28. The molecule has 0 saturated heterocycles. The molecule has 0 fully saturated rings. The van der Waals surface area contributed by atoms with E-state index < -0.39 is 0 Å². The molecule has 0 aromatic heterocycles. The summed E-state index contributed by atoms with van der Waals surface area (Å²) >= 11 is 0. The number of esters is 2. The summed E-state index contributed by atoms with van der Waals surface area (Å²) in [5, 5.41) is 0. The Kier molecular flexibility index (Phi) is 12.0. The first-order valence-corrected chi connectivity index (χ1v) is 8.49. The van der Waals surface area contributed by atoms with Crippen LogP contribution in [-0.4, -0.2) is 25.2 Å². The highest BCUT2D eigenvalue weighted by Gasteiger charge is 2.06. The highest BCUT2D eigenvalue weighted by Crippen LogP contribution is 2.15. The van der Waals surface area contributed by atoms with E-state index in [1.165, 1.54) is 12.8 Å². The highest BCUT2D eigenvalue weighted by atomic mass is 16.5. The van der Waals surface area contributed by atoms with Gasteiger partial charge in [-0.3, -0.25) is 0 Å². The van der Waals surface area contributed by atoms with E-state index in [2.05, 4.69) is 20.1 Å². The van der Waals surface area contributed by atoms with Crippen LogP contribution < -0.4 is 0 Å². The maximum Gasteiger partial charge on any atom is 0.333 e. The van der Waals surface area contributed by atoms with E-state index in [1.807, 2.05) is 0 Å². The van der Waals surface area contributed by atoms with Crippen molar-refractivity contribution in [2.24, 2.45) is 5.92 Å². The number of rotatable bonds is 13. The minimum atomic E-state index is -0.301. The van der Waals surface area contributed by atoms with E-state index in [0.717, 1.165) is 32.1 Å². The van der Waals surface area contributed by atoms with Crippen LogP contribution in [0.15, 0.2) is 24.3 Å². The minimum Gasteiger partial charge on any atom is -0.462 e. The molecular weight excluding hydrogens is 292 g/mol. The Hall–Kier alpha value is -1.58. The molecule has 0 aliphatic rings. The molecule has 4 nitrogen and oxygen atoms in total. The van der Waals surface area contributed by atoms with Gasteiger partial charge >= 0.3 is 11.9 Å². The Morgan fingerprint density at radius 3 is 1.74 bits per heavy atom. The highest BCUT2D eigenvalue weighted by molar-refractivity contribution is 5.87. The largest absolute Gasteiger partial charge is 0.462 e. The Morgan fingerprint density at radius 2 is 1.22 bits per heavy atom. The smallest absolute Gasteiger partial charge is 0.333 e. The summed E-state index contributed by atoms with van der Waals surface area (Å²) in [4.78, 5) is 22.4. The number of unbranched alkanes of at least 4 members (excludes halogenated alkanes) is 3. The van der Waals surface area contributed by atoms with Gasteiger partial charge in [0.05, 0.1) is 13.2 Å². The van der Waals surface area contributed by atoms with Gasteiger partial charge in [0.25, 0.3) is 0 Å². The van der Waals surface area contributed by atoms with Gasteiger partial charge in [0.15, 0.2) is 0 Å². The monoisotopic (exact) mass is 324 g/mol. The van der Waals surface area contributed by atoms with E-state index in [4.69, 9.17) is 9.47 Å². The molecule has 0 rings (SSSR count). The Bertz CT molecular complexity index is 398. The Labute approximate surface area is 140 Å². The van der Waals surface area contributed by atoms with Gasteiger partial charge in [-0.2, -0.15) is 0 Å². The van der Waals surface area contributed by atoms with Crippen molar-refractivity contribution in [3.63, 3.8) is 0 Å². The molecule has 0 aliphatic carbocycles. The minimum absolute atomic E-state index is 0.300. The number of carbonyl (C=O) groups is 2. The second kappa shape index (κ2) is 12.9. The third-order valence-corrected chi connectivity index (χ3v) is 3.60. The third kappa shape index (κ3) is 12.6. The van der Waals surface area contributed by atoms with Crippen LogP contribution in [-0.2, 0) is 19.1 Å². The average molecular weight is 324 g/mol. The molecular formula is C19H32O4. The lowest BCUT2D eigenvalue weighted by Gasteiger charge is -2.11. The molecule has 1 unspecified atom stereocenters. The fraction of sp³-hybridized carbons (Fsp3) is 0.684. The fourth-order valence-electron chi connectivity index (χ4n) is 2.10. The summed E-state index contributed by atoms with van der Waals surface area (Å²) in [6, 6.07) is 0. The average Bonchev–Trinajstić information content (AvgIpc) is 2.49. The first-order valence-electron chi connectivity index (χ1n) is 8.49. The van der Waals surface area contributed by atoms with E-state index >= 15 is 0 Å². The lowest BCUT2D eigenvalue weighted by molar-refractivity contribution is -0.140. The number of carbonyl (C=O) groups excluding carboxylic acids is 2. The zero-order chi connectivity index (χ0) is 17.7. The van der Waals surface area contributed by atoms with Crippen molar-refractivity contribution < 1.29 is 19.1 Å². The van der Waals surface area contributed by atoms with Crippen LogP contribution in [0.1, 0.15) is 65.7 Å². The van der Waals surface area contributed by atoms with Crippen LogP contribution >= 0.6 is 0 Å². The van der Waals surface area contributed by atoms with E-state index in [9.17, 15) is 9.59 Å². The van der Waals surface area contributed by atoms with Gasteiger partial charge < -0.3 is 9.47 Å². The van der Waals surface area contributed by atoms with Gasteiger partial charge in [-0.1, -0.05) is 45.8 Å². The molecule has 132 valence electrons. The van der Waals surface area contributed by atoms with Crippen molar-refractivity contribution in [2.45, 2.75) is 65.7 Å². The van der Waals surface area contributed by atoms with Crippen LogP contribution in [0.5, 0.6) is 0 Å². The van der Waals surface area contributed by atoms with Crippen LogP contribution in [0.2, 0.25) is 0 Å². The van der Waals surface area contributed by atoms with Crippen molar-refractivity contribution in [1.82, 2.24) is 0 Å². The molecule has 4 heteroatoms. The second-order valence-corrected chi connectivity index (χ2v) is 6.28. The number of hydrogen-bond donors (Lipinski definition) is 0. The van der Waals surface area contributed by atoms with E-state index in [-0.39, 0.29) is 11.9 Å². The van der Waals surface area contributed by atoms with Crippen LogP contribution in [0, 0.1) is 5.92 Å². The molecule has 0 saturated carbocycles. The topological polar surface area (TPSA) is 52.6 Å². The lowest BCUT2D eigenvalue weighted by atomic mass is 9.98. The third-order valence-electron chi connectivity index (χ3n) is 3.60. The molecule has 1 atom stereocenters. The molecule has 0 aromatic rings. The van der Waals surface area contributed by atoms with Gasteiger partial charge in [-0.05, 0) is 39.0 Å². The molecule has 0 radical (unpaired) electrons. The van der Waals surface area contributed by atoms with Crippen molar-refractivity contribution in [1.29, 1.82) is 0 Å². The zero-order valence-electron chi connectivity index (χ0n) is 15.0.